The van der Waals surface area contributed by atoms with Crippen molar-refractivity contribution in [3.05, 3.63) is 0 Å². The zero-order chi connectivity index (χ0) is 3.58. The Hall–Kier alpha value is 0.883. The van der Waals surface area contributed by atoms with Crippen molar-refractivity contribution >= 4 is 0 Å². The second-order valence-electron chi connectivity index (χ2n) is 1.50. The molecule has 1 heteroatoms. The van der Waals surface area contributed by atoms with Gasteiger partial charge in [0.25, 0.3) is 0 Å². The maximum absolute atomic E-state index is 2.36. The molecule has 0 nitrogen and oxygen atoms in total. The fourth-order valence-corrected chi connectivity index (χ4v) is 0. The van der Waals surface area contributed by atoms with Gasteiger partial charge in [0.1, 0.15) is 0 Å². The Balaban J connectivity index is 0. The van der Waals surface area contributed by atoms with Crippen LogP contribution in [0.5, 0.6) is 0 Å². The summed E-state index contributed by atoms with van der Waals surface area (Å²) in [6.07, 6.45) is 0. The molecule has 0 heterocycles. The molecule has 0 aromatic heterocycles. The van der Waals surface area contributed by atoms with Crippen molar-refractivity contribution < 1.29 is 23.2 Å². The summed E-state index contributed by atoms with van der Waals surface area (Å²) in [5, 5.41) is 0. The molecule has 0 atom stereocenters. The predicted molar refractivity (Wildman–Crippen MR) is 18.7 cm³/mol. The molecule has 0 aromatic carbocycles. The smallest absolute Gasteiger partial charge is 1.00 e. The van der Waals surface area contributed by atoms with Crippen LogP contribution in [0.3, 0.4) is 0 Å². The van der Waals surface area contributed by atoms with Crippen molar-refractivity contribution in [2.75, 3.05) is 0 Å². The van der Waals surface area contributed by atoms with E-state index in [0.717, 1.165) is 0 Å². The van der Waals surface area contributed by atoms with E-state index in [1.165, 1.54) is 0 Å². The molecule has 0 unspecified atom stereocenters. The van der Waals surface area contributed by atoms with Crippen LogP contribution < -0.4 is 0 Å². The first-order valence-electron chi connectivity index (χ1n) is 1.50. The van der Waals surface area contributed by atoms with Crippen LogP contribution in [0.1, 0.15) is 1.43 Å². The van der Waals surface area contributed by atoms with Gasteiger partial charge in [0, 0.05) is 0 Å². The van der Waals surface area contributed by atoms with Crippen LogP contribution in [0.25, 0.3) is 0 Å². The van der Waals surface area contributed by atoms with Crippen molar-refractivity contribution in [2.24, 2.45) is 0 Å². The van der Waals surface area contributed by atoms with E-state index in [0.29, 0.717) is 0 Å². The van der Waals surface area contributed by atoms with Crippen molar-refractivity contribution in [2.45, 2.75) is 13.9 Å². The van der Waals surface area contributed by atoms with E-state index in [1.807, 2.05) is 0 Å². The van der Waals surface area contributed by atoms with Crippen LogP contribution in [-0.2, 0) is 21.8 Å². The molecule has 0 aromatic rings. The minimum atomic E-state index is -0.543. The first-order valence-corrected chi connectivity index (χ1v) is 8.87. The molecule has 0 saturated carbocycles. The maximum Gasteiger partial charge on any atom is -1.00 e. The average Bonchev–Trinajstić information content (AvgIpc) is 0.811. The van der Waals surface area contributed by atoms with Gasteiger partial charge < -0.3 is 1.43 Å². The van der Waals surface area contributed by atoms with Gasteiger partial charge >= 0.3 is 35.6 Å². The van der Waals surface area contributed by atoms with E-state index in [9.17, 15) is 0 Å². The molecule has 0 aliphatic rings. The van der Waals surface area contributed by atoms with Gasteiger partial charge in [0.2, 0.25) is 0 Å². The molecular formula is C3H10Zr. The second kappa shape index (κ2) is 2.14. The topological polar surface area (TPSA) is 0 Å². The molecule has 0 radical (unpaired) electrons. The summed E-state index contributed by atoms with van der Waals surface area (Å²) in [6, 6.07) is 0. The molecule has 0 amide bonds. The Morgan fingerprint density at radius 2 is 1.25 bits per heavy atom. The predicted octanol–water partition coefficient (Wildman–Crippen LogP) is 1.86. The summed E-state index contributed by atoms with van der Waals surface area (Å²) in [7, 11) is 0. The van der Waals surface area contributed by atoms with Gasteiger partial charge in [-0.05, 0) is 0 Å². The Morgan fingerprint density at radius 1 is 1.25 bits per heavy atom. The van der Waals surface area contributed by atoms with Gasteiger partial charge in [0.05, 0.1) is 0 Å². The molecule has 0 aliphatic heterocycles. The summed E-state index contributed by atoms with van der Waals surface area (Å²) in [4.78, 5) is 0. The first-order chi connectivity index (χ1) is 1.73. The number of rotatable bonds is 0. The van der Waals surface area contributed by atoms with Crippen LogP contribution in [0.2, 0.25) is 13.9 Å². The summed E-state index contributed by atoms with van der Waals surface area (Å²) < 4.78 is 7.09. The van der Waals surface area contributed by atoms with E-state index in [4.69, 9.17) is 0 Å². The molecule has 0 bridgehead atoms. The van der Waals surface area contributed by atoms with Crippen LogP contribution in [0.15, 0.2) is 0 Å². The fourth-order valence-electron chi connectivity index (χ4n) is 0. The van der Waals surface area contributed by atoms with Crippen molar-refractivity contribution in [3.63, 3.8) is 0 Å². The third-order valence-electron chi connectivity index (χ3n) is 0. The van der Waals surface area contributed by atoms with Crippen LogP contribution in [0.4, 0.5) is 0 Å². The van der Waals surface area contributed by atoms with E-state index >= 15 is 0 Å². The molecule has 0 N–H and O–H groups in total. The molecule has 0 saturated heterocycles. The van der Waals surface area contributed by atoms with Crippen LogP contribution in [-0.4, -0.2) is 0 Å². The van der Waals surface area contributed by atoms with Crippen LogP contribution >= 0.6 is 0 Å². The summed E-state index contributed by atoms with van der Waals surface area (Å²) >= 11 is -0.543. The Morgan fingerprint density at radius 3 is 1.25 bits per heavy atom. The fraction of sp³-hybridized carbons (Fsp3) is 1.00. The summed E-state index contributed by atoms with van der Waals surface area (Å²) in [5.74, 6) is 0. The third-order valence-corrected chi connectivity index (χ3v) is 0. The Bertz CT molecular complexity index is 11.6. The van der Waals surface area contributed by atoms with Gasteiger partial charge in [-0.1, -0.05) is 0 Å². The number of hydrogen-bond acceptors (Lipinski definition) is 0. The van der Waals surface area contributed by atoms with E-state index in [1.54, 1.807) is 0 Å². The quantitative estimate of drug-likeness (QED) is 0.478. The van der Waals surface area contributed by atoms with Crippen molar-refractivity contribution in [1.29, 1.82) is 0 Å². The SMILES string of the molecule is [CH3][Zr+]([CH3])[CH3].[H-]. The van der Waals surface area contributed by atoms with Gasteiger partial charge in [0.15, 0.2) is 0 Å². The molecular weight excluding hydrogens is 127 g/mol. The Labute approximate surface area is 37.4 Å². The van der Waals surface area contributed by atoms with E-state index in [2.05, 4.69) is 13.9 Å². The minimum Gasteiger partial charge on any atom is -1.00 e. The molecule has 0 spiro atoms. The standard InChI is InChI=1S/3CH3.Zr.H/h3*1H3;;/q;;;+1;-1. The van der Waals surface area contributed by atoms with E-state index < -0.39 is 21.8 Å². The maximum atomic E-state index is 2.36. The average molecular weight is 137 g/mol. The third kappa shape index (κ3) is 13.1. The summed E-state index contributed by atoms with van der Waals surface area (Å²) in [6.45, 7) is 0. The normalized spacial score (nSPS) is 6.75. The molecule has 0 aliphatic carbocycles. The summed E-state index contributed by atoms with van der Waals surface area (Å²) in [5.41, 5.74) is 0. The molecule has 26 valence electrons. The van der Waals surface area contributed by atoms with Gasteiger partial charge in [-0.15, -0.1) is 0 Å². The monoisotopic (exact) mass is 136 g/mol. The number of hydrogen-bond donors (Lipinski definition) is 0. The zero-order valence-electron chi connectivity index (χ0n) is 4.50. The van der Waals surface area contributed by atoms with Gasteiger partial charge in [-0.3, -0.25) is 0 Å². The van der Waals surface area contributed by atoms with Gasteiger partial charge in [-0.2, -0.15) is 0 Å². The van der Waals surface area contributed by atoms with E-state index in [-0.39, 0.29) is 1.43 Å². The zero-order valence-corrected chi connectivity index (χ0v) is 5.96. The second-order valence-corrected chi connectivity index (χ2v) is 8.87. The van der Waals surface area contributed by atoms with Gasteiger partial charge in [-0.25, -0.2) is 0 Å². The van der Waals surface area contributed by atoms with Crippen LogP contribution in [0, 0.1) is 0 Å². The Kier molecular flexibility index (Phi) is 2.61. The first kappa shape index (κ1) is 4.88. The minimum absolute atomic E-state index is 0. The largest absolute Gasteiger partial charge is 1.00 e. The molecule has 0 fully saturated rings. The molecule has 0 rings (SSSR count). The van der Waals surface area contributed by atoms with Crippen molar-refractivity contribution in [1.82, 2.24) is 0 Å². The molecule has 4 heavy (non-hydrogen) atoms. The van der Waals surface area contributed by atoms with Crippen molar-refractivity contribution in [3.8, 4) is 0 Å².